The Morgan fingerprint density at radius 2 is 0.935 bits per heavy atom. The first-order chi connectivity index (χ1) is 15.0. The third-order valence-corrected chi connectivity index (χ3v) is 5.82. The minimum atomic E-state index is 1.48. The second-order valence-electron chi connectivity index (χ2n) is 7.24. The molecular formula is C4H19N27. The highest BCUT2D eigenvalue weighted by atomic mass is 16.9. The zero-order valence-corrected chi connectivity index (χ0v) is 16.5. The van der Waals surface area contributed by atoms with Crippen molar-refractivity contribution in [3.63, 3.8) is 0 Å². The second kappa shape index (κ2) is 5.03. The van der Waals surface area contributed by atoms with Crippen LogP contribution in [-0.2, 0) is 0 Å². The van der Waals surface area contributed by atoms with Gasteiger partial charge in [-0.15, -0.1) is 37.1 Å². The topological polar surface area (TPSA) is 154 Å². The van der Waals surface area contributed by atoms with Crippen molar-refractivity contribution >= 4 is 0 Å². The summed E-state index contributed by atoms with van der Waals surface area (Å²) in [4.78, 5) is 0. The Balaban J connectivity index is 0.959. The van der Waals surface area contributed by atoms with Gasteiger partial charge in [0.05, 0.1) is 0 Å². The molecule has 0 bridgehead atoms. The van der Waals surface area contributed by atoms with Gasteiger partial charge < -0.3 is 0 Å². The van der Waals surface area contributed by atoms with Gasteiger partial charge in [-0.1, -0.05) is 5.23 Å². The molecule has 27 nitrogen and oxygen atoms in total. The largest absolute Gasteiger partial charge is 0.236 e. The lowest BCUT2D eigenvalue weighted by atomic mass is 11.1. The lowest BCUT2D eigenvalue weighted by molar-refractivity contribution is -1.06. The van der Waals surface area contributed by atoms with E-state index < -0.39 is 0 Å². The molecule has 0 aromatic rings. The highest BCUT2D eigenvalue weighted by molar-refractivity contribution is 4.77. The van der Waals surface area contributed by atoms with E-state index in [0.29, 0.717) is 0 Å². The number of nitrogens with zero attached hydrogens (tertiary/aromatic N) is 21. The number of rotatable bonds is 0. The van der Waals surface area contributed by atoms with Crippen LogP contribution in [0.5, 0.6) is 0 Å². The molecule has 31 heavy (non-hydrogen) atoms. The van der Waals surface area contributed by atoms with Gasteiger partial charge in [-0.2, -0.15) is 11.1 Å². The molecule has 0 amide bonds. The van der Waals surface area contributed by atoms with Gasteiger partial charge in [-0.25, -0.2) is 5.84 Å². The first-order valence-corrected chi connectivity index (χ1v) is 9.09. The maximum atomic E-state index is 5.95. The predicted molar refractivity (Wildman–Crippen MR) is 82.2 cm³/mol. The molecule has 0 atom stereocenters. The molecule has 9 heterocycles. The van der Waals surface area contributed by atoms with E-state index in [9.17, 15) is 0 Å². The molecule has 9 rings (SSSR count). The molecule has 9 saturated heterocycles. The Labute approximate surface area is 172 Å². The Bertz CT molecular complexity index is 845. The standard InChI is InChI=1S/C4H19N27/c1-11-10-18-13(3)12(2)16(18)8-6-7-9-17-19(11)23-22(17)26-27(23)31-28-24-20-14(4)15(5)21(20)25(24)29(28)30(26)31/h6-10H,5H2,1-4H3. The van der Waals surface area contributed by atoms with E-state index in [4.69, 9.17) is 5.84 Å². The van der Waals surface area contributed by atoms with E-state index >= 15 is 0 Å². The summed E-state index contributed by atoms with van der Waals surface area (Å²) in [7, 11) is 7.54. The molecule has 0 aliphatic carbocycles. The molecule has 7 N–H and O–H groups in total. The highest BCUT2D eigenvalue weighted by Gasteiger charge is 2.91. The van der Waals surface area contributed by atoms with Gasteiger partial charge in [0.2, 0.25) is 0 Å². The molecule has 0 saturated carbocycles. The molecular weight excluding hydrogens is 426 g/mol. The lowest BCUT2D eigenvalue weighted by Gasteiger charge is -2.91. The summed E-state index contributed by atoms with van der Waals surface area (Å²) in [5.41, 5.74) is 15.0. The van der Waals surface area contributed by atoms with Gasteiger partial charge in [-0.05, 0) is 83.6 Å². The summed E-state index contributed by atoms with van der Waals surface area (Å²) >= 11 is 0. The van der Waals surface area contributed by atoms with Gasteiger partial charge in [0.25, 0.3) is 0 Å². The molecule has 170 valence electrons. The lowest BCUT2D eigenvalue weighted by Crippen LogP contribution is -3.23. The van der Waals surface area contributed by atoms with Gasteiger partial charge in [0.15, 0.2) is 0 Å². The van der Waals surface area contributed by atoms with Gasteiger partial charge in [-0.3, -0.25) is 0 Å². The quantitative estimate of drug-likeness (QED) is 0.195. The SMILES string of the molecule is CN1NN2N(C)N(C)N2NNNNN2N1N1N2N2N1N1N3N4N5N(C)N(N)N5N4N3N21. The fourth-order valence-corrected chi connectivity index (χ4v) is 4.17. The third-order valence-electron chi connectivity index (χ3n) is 5.82. The van der Waals surface area contributed by atoms with E-state index in [2.05, 4.69) is 27.7 Å². The van der Waals surface area contributed by atoms with Gasteiger partial charge in [0.1, 0.15) is 0 Å². The molecule has 9 fully saturated rings. The van der Waals surface area contributed by atoms with Crippen LogP contribution >= 0.6 is 0 Å². The van der Waals surface area contributed by atoms with Crippen molar-refractivity contribution in [3.05, 3.63) is 0 Å². The maximum Gasteiger partial charge on any atom is 0.0238 e. The number of fused-ring (bicyclic) bond motifs is 20. The second-order valence-corrected chi connectivity index (χ2v) is 7.24. The van der Waals surface area contributed by atoms with Crippen LogP contribution in [0.15, 0.2) is 0 Å². The van der Waals surface area contributed by atoms with Gasteiger partial charge >= 0.3 is 0 Å². The minimum absolute atomic E-state index is 1.48. The maximum absolute atomic E-state index is 5.95. The molecule has 0 radical (unpaired) electrons. The fraction of sp³-hybridized carbons (Fsp3) is 1.00. The van der Waals surface area contributed by atoms with Crippen LogP contribution in [0.4, 0.5) is 0 Å². The average Bonchev–Trinajstić information content (AvgIpc) is 2.73. The van der Waals surface area contributed by atoms with Crippen LogP contribution in [-0.4, -0.2) is 138 Å². The number of hydrazine groups is 35. The number of hydrogen-bond acceptors (Lipinski definition) is 27. The molecule has 0 spiro atoms. The molecule has 9 aliphatic heterocycles. The average molecular weight is 445 g/mol. The van der Waals surface area contributed by atoms with Crippen LogP contribution in [0.3, 0.4) is 0 Å². The van der Waals surface area contributed by atoms with Crippen molar-refractivity contribution in [2.75, 3.05) is 28.2 Å². The summed E-state index contributed by atoms with van der Waals surface area (Å²) < 4.78 is 0. The van der Waals surface area contributed by atoms with Crippen molar-refractivity contribution < 1.29 is 0 Å². The van der Waals surface area contributed by atoms with Crippen LogP contribution in [0, 0.1) is 0 Å². The van der Waals surface area contributed by atoms with E-state index in [1.807, 2.05) is 95.9 Å². The summed E-state index contributed by atoms with van der Waals surface area (Å²) in [5.74, 6) is 5.95. The summed E-state index contributed by atoms with van der Waals surface area (Å²) in [5, 5.41) is 38.0. The minimum Gasteiger partial charge on any atom is -0.236 e. The number of nitrogens with two attached hydrogens (primary N) is 1. The van der Waals surface area contributed by atoms with Crippen molar-refractivity contribution in [2.45, 2.75) is 0 Å². The van der Waals surface area contributed by atoms with Gasteiger partial charge in [0, 0.05) is 28.2 Å². The summed E-state index contributed by atoms with van der Waals surface area (Å²) in [6.45, 7) is 0. The van der Waals surface area contributed by atoms with Crippen molar-refractivity contribution in [3.8, 4) is 0 Å². The summed E-state index contributed by atoms with van der Waals surface area (Å²) in [6, 6.07) is 0. The number of nitrogens with one attached hydrogen (secondary N) is 5. The number of hydrogen-bond donors (Lipinski definition) is 6. The van der Waals surface area contributed by atoms with Crippen molar-refractivity contribution in [2.24, 2.45) is 5.84 Å². The Morgan fingerprint density at radius 1 is 0.452 bits per heavy atom. The smallest absolute Gasteiger partial charge is 0.0238 e. The van der Waals surface area contributed by atoms with Crippen LogP contribution in [0.25, 0.3) is 0 Å². The van der Waals surface area contributed by atoms with Crippen molar-refractivity contribution in [1.29, 1.82) is 0 Å². The van der Waals surface area contributed by atoms with Crippen LogP contribution in [0.1, 0.15) is 0 Å². The first kappa shape index (κ1) is 17.4. The van der Waals surface area contributed by atoms with Crippen LogP contribution < -0.4 is 33.5 Å². The Hall–Kier alpha value is -1.08. The highest BCUT2D eigenvalue weighted by Crippen LogP contribution is 2.60. The first-order valence-electron chi connectivity index (χ1n) is 9.09. The van der Waals surface area contributed by atoms with E-state index in [0.717, 1.165) is 0 Å². The molecule has 0 aromatic carbocycles. The van der Waals surface area contributed by atoms with Crippen molar-refractivity contribution in [1.82, 2.24) is 137 Å². The molecule has 0 unspecified atom stereocenters. The Kier molecular flexibility index (Phi) is 2.83. The zero-order valence-electron chi connectivity index (χ0n) is 16.5. The van der Waals surface area contributed by atoms with E-state index in [1.54, 1.807) is 36.4 Å². The normalized spacial score (nSPS) is 40.9. The van der Waals surface area contributed by atoms with E-state index in [1.165, 1.54) is 5.23 Å². The molecule has 9 aliphatic rings. The molecule has 0 aromatic heterocycles. The predicted octanol–water partition coefficient (Wildman–Crippen LogP) is -9.10. The summed E-state index contributed by atoms with van der Waals surface area (Å²) in [6.07, 6.45) is 0. The Morgan fingerprint density at radius 3 is 1.61 bits per heavy atom. The molecule has 27 heteroatoms. The third kappa shape index (κ3) is 1.51. The van der Waals surface area contributed by atoms with Crippen LogP contribution in [0.2, 0.25) is 0 Å². The fourth-order valence-electron chi connectivity index (χ4n) is 4.17. The zero-order chi connectivity index (χ0) is 20.7. The monoisotopic (exact) mass is 445 g/mol. The van der Waals surface area contributed by atoms with E-state index in [-0.39, 0.29) is 0 Å².